The number of hydrogen-bond donors (Lipinski definition) is 2. The Labute approximate surface area is 646 Å². The van der Waals surface area contributed by atoms with E-state index in [9.17, 15) is 19.2 Å². The van der Waals surface area contributed by atoms with Gasteiger partial charge in [0.1, 0.15) is 0 Å². The maximum atomic E-state index is 13.7. The first-order chi connectivity index (χ1) is 53.2. The van der Waals surface area contributed by atoms with Crippen LogP contribution >= 0.6 is 0 Å². The van der Waals surface area contributed by atoms with Gasteiger partial charge >= 0.3 is 23.9 Å². The fraction of sp³-hybridized carbons (Fsp3) is 0.500. The Bertz CT molecular complexity index is 3570. The average molecular weight is 1460 g/mol. The highest BCUT2D eigenvalue weighted by Crippen LogP contribution is 2.39. The van der Waals surface area contributed by atoms with Crippen LogP contribution in [0, 0.1) is 0 Å². The Morgan fingerprint density at radius 3 is 0.574 bits per heavy atom. The van der Waals surface area contributed by atoms with Crippen LogP contribution in [-0.4, -0.2) is 70.2 Å². The highest BCUT2D eigenvalue weighted by Gasteiger charge is 2.22. The molecule has 2 aliphatic rings. The SMILES string of the molecule is CCCCCCCCCCCCOC(=O)c1ccc(-c2c3nc(c(-c4ccc(C(=O)OCCCCCCCCCCCC)cc4)c4ccc([nH]4)c(-c4ccc(C(=O)OCCCCCCCCCCCC)cc4)c4nc(c(-c5ccc(C(=O)OCCCCCCCCCCCC)cc5)c5ccc2[nH]5)C=C4)C=C3)cc1. The van der Waals surface area contributed by atoms with Crippen LogP contribution in [0.5, 0.6) is 0 Å². The van der Waals surface area contributed by atoms with Crippen LogP contribution in [-0.2, 0) is 18.9 Å². The summed E-state index contributed by atoms with van der Waals surface area (Å²) in [4.78, 5) is 73.5. The van der Waals surface area contributed by atoms with Crippen LogP contribution in [0.4, 0.5) is 0 Å². The highest BCUT2D eigenvalue weighted by atomic mass is 16.5. The van der Waals surface area contributed by atoms with Gasteiger partial charge in [-0.15, -0.1) is 0 Å². The molecule has 0 unspecified atom stereocenters. The molecule has 7 aromatic rings. The predicted molar refractivity (Wildman–Crippen MR) is 449 cm³/mol. The van der Waals surface area contributed by atoms with Crippen molar-refractivity contribution in [3.8, 4) is 44.5 Å². The summed E-state index contributed by atoms with van der Waals surface area (Å²) >= 11 is 0. The van der Waals surface area contributed by atoms with Crippen molar-refractivity contribution in [3.63, 3.8) is 0 Å². The van der Waals surface area contributed by atoms with Crippen molar-refractivity contribution in [2.45, 2.75) is 285 Å². The predicted octanol–water partition coefficient (Wildman–Crippen LogP) is 27.6. The van der Waals surface area contributed by atoms with Gasteiger partial charge in [-0.05, 0) is 145 Å². The average Bonchev–Trinajstić information content (AvgIpc) is 1.14. The van der Waals surface area contributed by atoms with Gasteiger partial charge in [-0.3, -0.25) is 0 Å². The van der Waals surface area contributed by atoms with Gasteiger partial charge in [0.25, 0.3) is 0 Å². The third kappa shape index (κ3) is 26.9. The van der Waals surface area contributed by atoms with Gasteiger partial charge in [-0.25, -0.2) is 29.1 Å². The fourth-order valence-electron chi connectivity index (χ4n) is 14.9. The minimum absolute atomic E-state index is 0.351. The molecule has 0 atom stereocenters. The van der Waals surface area contributed by atoms with Crippen molar-refractivity contribution in [2.24, 2.45) is 0 Å². The molecule has 0 fully saturated rings. The number of benzene rings is 4. The first kappa shape index (κ1) is 83.4. The van der Waals surface area contributed by atoms with E-state index in [0.717, 1.165) is 144 Å². The highest BCUT2D eigenvalue weighted by molar-refractivity contribution is 6.01. The minimum Gasteiger partial charge on any atom is -0.462 e. The number of fused-ring (bicyclic) bond motifs is 8. The lowest BCUT2D eigenvalue weighted by atomic mass is 10.0. The lowest BCUT2D eigenvalue weighted by Crippen LogP contribution is -2.06. The lowest BCUT2D eigenvalue weighted by molar-refractivity contribution is 0.0488. The van der Waals surface area contributed by atoms with Crippen molar-refractivity contribution in [2.75, 3.05) is 26.4 Å². The van der Waals surface area contributed by atoms with Crippen molar-refractivity contribution in [3.05, 3.63) is 166 Å². The number of ether oxygens (including phenoxy) is 4. The molecule has 9 rings (SSSR count). The molecule has 0 saturated carbocycles. The molecule has 2 N–H and O–H groups in total. The second-order valence-corrected chi connectivity index (χ2v) is 30.1. The molecule has 0 radical (unpaired) electrons. The van der Waals surface area contributed by atoms with Crippen molar-refractivity contribution < 1.29 is 38.1 Å². The summed E-state index contributed by atoms with van der Waals surface area (Å²) in [6, 6.07) is 38.6. The molecule has 12 nitrogen and oxygen atoms in total. The normalized spacial score (nSPS) is 11.7. The number of H-pyrrole nitrogens is 2. The summed E-state index contributed by atoms with van der Waals surface area (Å²) in [7, 11) is 0. The number of carbonyl (C=O) groups is 4. The minimum atomic E-state index is -0.351. The van der Waals surface area contributed by atoms with E-state index < -0.39 is 0 Å². The molecule has 12 heteroatoms. The number of nitrogens with one attached hydrogen (secondary N) is 2. The maximum absolute atomic E-state index is 13.7. The zero-order valence-corrected chi connectivity index (χ0v) is 66.1. The molecule has 0 saturated heterocycles. The Morgan fingerprint density at radius 2 is 0.398 bits per heavy atom. The van der Waals surface area contributed by atoms with Gasteiger partial charge in [-0.2, -0.15) is 0 Å². The summed E-state index contributed by atoms with van der Waals surface area (Å²) in [5.41, 5.74) is 14.2. The smallest absolute Gasteiger partial charge is 0.338 e. The molecule has 0 amide bonds. The number of esters is 4. The molecule has 3 aromatic heterocycles. The largest absolute Gasteiger partial charge is 0.462 e. The Morgan fingerprint density at radius 1 is 0.231 bits per heavy atom. The number of aromatic nitrogens is 4. The van der Waals surface area contributed by atoms with Crippen LogP contribution < -0.4 is 0 Å². The van der Waals surface area contributed by atoms with E-state index in [4.69, 9.17) is 28.9 Å². The van der Waals surface area contributed by atoms with E-state index in [1.54, 1.807) is 0 Å². The molecule has 5 heterocycles. The summed E-state index contributed by atoms with van der Waals surface area (Å²) in [5, 5.41) is 0. The third-order valence-electron chi connectivity index (χ3n) is 21.3. The molecular formula is C96H126N4O8. The lowest BCUT2D eigenvalue weighted by Gasteiger charge is -2.09. The molecule has 0 aliphatic carbocycles. The van der Waals surface area contributed by atoms with E-state index in [1.807, 2.05) is 121 Å². The van der Waals surface area contributed by atoms with E-state index >= 15 is 0 Å². The molecule has 8 bridgehead atoms. The Hall–Kier alpha value is -8.64. The number of nitrogens with zero attached hydrogens (tertiary/aromatic N) is 2. The summed E-state index contributed by atoms with van der Waals surface area (Å²) in [5.74, 6) is -1.41. The summed E-state index contributed by atoms with van der Waals surface area (Å²) in [6.07, 6.45) is 56.1. The fourth-order valence-corrected chi connectivity index (χ4v) is 14.9. The third-order valence-corrected chi connectivity index (χ3v) is 21.3. The monoisotopic (exact) mass is 1460 g/mol. The molecule has 108 heavy (non-hydrogen) atoms. The first-order valence-electron chi connectivity index (χ1n) is 42.4. The van der Waals surface area contributed by atoms with Crippen molar-refractivity contribution >= 4 is 70.2 Å². The number of hydrogen-bond acceptors (Lipinski definition) is 10. The second-order valence-electron chi connectivity index (χ2n) is 30.1. The van der Waals surface area contributed by atoms with Crippen LogP contribution in [0.3, 0.4) is 0 Å². The Balaban J connectivity index is 1.06. The van der Waals surface area contributed by atoms with Crippen LogP contribution in [0.25, 0.3) is 90.9 Å². The number of unbranched alkanes of at least 4 members (excludes halogenated alkanes) is 36. The van der Waals surface area contributed by atoms with Crippen LogP contribution in [0.2, 0.25) is 0 Å². The van der Waals surface area contributed by atoms with Gasteiger partial charge in [-0.1, -0.05) is 307 Å². The van der Waals surface area contributed by atoms with Crippen LogP contribution in [0.15, 0.2) is 121 Å². The van der Waals surface area contributed by atoms with E-state index in [2.05, 4.69) is 61.9 Å². The van der Waals surface area contributed by atoms with Gasteiger partial charge in [0.15, 0.2) is 0 Å². The van der Waals surface area contributed by atoms with Crippen molar-refractivity contribution in [1.29, 1.82) is 0 Å². The van der Waals surface area contributed by atoms with Gasteiger partial charge in [0.2, 0.25) is 0 Å². The molecular weight excluding hydrogens is 1340 g/mol. The van der Waals surface area contributed by atoms with Gasteiger partial charge < -0.3 is 28.9 Å². The first-order valence-corrected chi connectivity index (χ1v) is 42.4. The van der Waals surface area contributed by atoms with Gasteiger partial charge in [0.05, 0.1) is 71.5 Å². The van der Waals surface area contributed by atoms with E-state index in [1.165, 1.54) is 180 Å². The molecule has 578 valence electrons. The number of rotatable bonds is 52. The molecule has 4 aromatic carbocycles. The topological polar surface area (TPSA) is 163 Å². The summed E-state index contributed by atoms with van der Waals surface area (Å²) < 4.78 is 23.5. The zero-order chi connectivity index (χ0) is 75.6. The Kier molecular flexibility index (Phi) is 37.1. The molecule has 0 spiro atoms. The quantitative estimate of drug-likeness (QED) is 0.0213. The van der Waals surface area contributed by atoms with Crippen molar-refractivity contribution in [1.82, 2.24) is 19.9 Å². The maximum Gasteiger partial charge on any atom is 0.338 e. The second kappa shape index (κ2) is 48.0. The van der Waals surface area contributed by atoms with E-state index in [-0.39, 0.29) is 23.9 Å². The van der Waals surface area contributed by atoms with Gasteiger partial charge in [0, 0.05) is 44.3 Å². The molecule has 2 aliphatic heterocycles. The number of aromatic amines is 2. The van der Waals surface area contributed by atoms with Crippen LogP contribution in [0.1, 0.15) is 349 Å². The standard InChI is InChI=1S/C96H126N4O8/c1-5-9-13-17-21-25-29-33-37-41-69-105-93(101)77-53-45-73(46-54-77)89-81-61-63-83(97-81)90(74-47-55-78(56-48-74)94(102)106-70-42-38-34-30-26-22-18-14-10-6-2)85-65-67-87(99-85)92(76-51-59-80(60-52-76)96(104)108-72-44-40-36-32-28-24-20-16-12-8-4)88-68-66-86(100-88)91(84-64-62-82(89)98-84)75-49-57-79(58-50-75)95(103)107-71-43-39-35-31-27-23-19-15-11-7-3/h45-68,97,100H,5-44,69-72H2,1-4H3. The number of carbonyl (C=O) groups excluding carboxylic acids is 4. The van der Waals surface area contributed by atoms with E-state index in [0.29, 0.717) is 71.5 Å². The zero-order valence-electron chi connectivity index (χ0n) is 66.1. The summed E-state index contributed by atoms with van der Waals surface area (Å²) in [6.45, 7) is 10.5.